The maximum absolute atomic E-state index is 12.8. The molecule has 0 bridgehead atoms. The Morgan fingerprint density at radius 3 is 2.00 bits per heavy atom. The summed E-state index contributed by atoms with van der Waals surface area (Å²) in [4.78, 5) is 12.8. The van der Waals surface area contributed by atoms with Crippen LogP contribution in [0.5, 0.6) is 17.2 Å². The van der Waals surface area contributed by atoms with Gasteiger partial charge in [0.1, 0.15) is 11.3 Å². The van der Waals surface area contributed by atoms with Crippen molar-refractivity contribution in [3.8, 4) is 39.7 Å². The van der Waals surface area contributed by atoms with E-state index in [0.717, 1.165) is 16.7 Å². The maximum Gasteiger partial charge on any atom is 0.203 e. The minimum atomic E-state index is -0.0978. The third-order valence-corrected chi connectivity index (χ3v) is 4.78. The number of methoxy groups -OCH3 is 3. The van der Waals surface area contributed by atoms with E-state index in [-0.39, 0.29) is 5.43 Å². The Labute approximate surface area is 168 Å². The lowest BCUT2D eigenvalue weighted by Crippen LogP contribution is -2.01. The summed E-state index contributed by atoms with van der Waals surface area (Å²) in [6.07, 6.45) is 0. The van der Waals surface area contributed by atoms with Gasteiger partial charge in [0.25, 0.3) is 0 Å². The van der Waals surface area contributed by atoms with Gasteiger partial charge in [0.15, 0.2) is 16.9 Å². The largest absolute Gasteiger partial charge is 0.493 e. The van der Waals surface area contributed by atoms with E-state index in [1.807, 2.05) is 60.7 Å². The second-order valence-corrected chi connectivity index (χ2v) is 6.47. The minimum Gasteiger partial charge on any atom is -0.493 e. The van der Waals surface area contributed by atoms with E-state index in [1.165, 1.54) is 6.07 Å². The molecular weight excluding hydrogens is 368 g/mol. The molecule has 0 saturated heterocycles. The summed E-state index contributed by atoms with van der Waals surface area (Å²) in [6, 6.07) is 20.3. The molecule has 146 valence electrons. The quantitative estimate of drug-likeness (QED) is 0.473. The van der Waals surface area contributed by atoms with Crippen LogP contribution in [0.2, 0.25) is 0 Å². The molecule has 0 aliphatic rings. The van der Waals surface area contributed by atoms with Crippen molar-refractivity contribution in [1.29, 1.82) is 0 Å². The molecular formula is C24H20O5. The smallest absolute Gasteiger partial charge is 0.203 e. The van der Waals surface area contributed by atoms with Crippen molar-refractivity contribution in [3.05, 3.63) is 77.0 Å². The van der Waals surface area contributed by atoms with E-state index in [4.69, 9.17) is 18.6 Å². The van der Waals surface area contributed by atoms with Gasteiger partial charge in [0.2, 0.25) is 5.75 Å². The van der Waals surface area contributed by atoms with Gasteiger partial charge in [0.05, 0.1) is 26.7 Å². The molecule has 3 aromatic carbocycles. The van der Waals surface area contributed by atoms with Gasteiger partial charge in [-0.3, -0.25) is 4.79 Å². The molecule has 0 aliphatic heterocycles. The Morgan fingerprint density at radius 1 is 0.690 bits per heavy atom. The van der Waals surface area contributed by atoms with Gasteiger partial charge in [-0.15, -0.1) is 0 Å². The molecule has 0 unspecified atom stereocenters. The van der Waals surface area contributed by atoms with Crippen LogP contribution in [-0.2, 0) is 0 Å². The number of ether oxygens (including phenoxy) is 3. The van der Waals surface area contributed by atoms with Crippen LogP contribution in [0, 0.1) is 0 Å². The number of benzene rings is 3. The second-order valence-electron chi connectivity index (χ2n) is 6.47. The van der Waals surface area contributed by atoms with Crippen molar-refractivity contribution in [3.63, 3.8) is 0 Å². The molecule has 0 fully saturated rings. The lowest BCUT2D eigenvalue weighted by atomic mass is 10.0. The van der Waals surface area contributed by atoms with E-state index in [9.17, 15) is 4.79 Å². The van der Waals surface area contributed by atoms with Gasteiger partial charge < -0.3 is 18.6 Å². The number of hydrogen-bond acceptors (Lipinski definition) is 5. The molecule has 0 spiro atoms. The first-order valence-corrected chi connectivity index (χ1v) is 9.08. The molecule has 4 rings (SSSR count). The highest BCUT2D eigenvalue weighted by Crippen LogP contribution is 2.41. The normalized spacial score (nSPS) is 10.7. The zero-order valence-electron chi connectivity index (χ0n) is 16.4. The lowest BCUT2D eigenvalue weighted by Gasteiger charge is -2.14. The van der Waals surface area contributed by atoms with E-state index >= 15 is 0 Å². The zero-order valence-corrected chi connectivity index (χ0v) is 16.4. The standard InChI is InChI=1S/C24H20O5/c1-26-22-12-17(13-23(27-2)24(22)28-3)16-9-10-20-18(11-16)19(25)14-21(29-20)15-7-5-4-6-8-15/h4-14H,1-3H3. The van der Waals surface area contributed by atoms with Gasteiger partial charge in [-0.2, -0.15) is 0 Å². The molecule has 5 heteroatoms. The molecule has 29 heavy (non-hydrogen) atoms. The zero-order chi connectivity index (χ0) is 20.4. The fourth-order valence-electron chi connectivity index (χ4n) is 3.33. The third kappa shape index (κ3) is 3.43. The van der Waals surface area contributed by atoms with Crippen molar-refractivity contribution in [2.24, 2.45) is 0 Å². The average molecular weight is 388 g/mol. The van der Waals surface area contributed by atoms with Crippen molar-refractivity contribution in [2.75, 3.05) is 21.3 Å². The van der Waals surface area contributed by atoms with E-state index in [2.05, 4.69) is 0 Å². The van der Waals surface area contributed by atoms with Gasteiger partial charge >= 0.3 is 0 Å². The molecule has 0 atom stereocenters. The fourth-order valence-corrected chi connectivity index (χ4v) is 3.33. The topological polar surface area (TPSA) is 57.9 Å². The molecule has 1 heterocycles. The SMILES string of the molecule is COc1cc(-c2ccc3oc(-c4ccccc4)cc(=O)c3c2)cc(OC)c1OC. The molecule has 0 saturated carbocycles. The Bertz CT molecular complexity index is 1200. The summed E-state index contributed by atoms with van der Waals surface area (Å²) in [7, 11) is 4.70. The first kappa shape index (κ1) is 18.6. The van der Waals surface area contributed by atoms with Crippen LogP contribution in [0.4, 0.5) is 0 Å². The van der Waals surface area contributed by atoms with Crippen molar-refractivity contribution >= 4 is 11.0 Å². The van der Waals surface area contributed by atoms with Gasteiger partial charge in [-0.1, -0.05) is 36.4 Å². The van der Waals surface area contributed by atoms with Crippen LogP contribution in [0.15, 0.2) is 75.9 Å². The maximum atomic E-state index is 12.8. The van der Waals surface area contributed by atoms with Crippen LogP contribution >= 0.6 is 0 Å². The molecule has 1 aromatic heterocycles. The van der Waals surface area contributed by atoms with Crippen LogP contribution in [-0.4, -0.2) is 21.3 Å². The van der Waals surface area contributed by atoms with Gasteiger partial charge in [-0.05, 0) is 35.4 Å². The Balaban J connectivity index is 1.85. The molecule has 0 radical (unpaired) electrons. The average Bonchev–Trinajstić information content (AvgIpc) is 2.78. The van der Waals surface area contributed by atoms with Crippen LogP contribution in [0.3, 0.4) is 0 Å². The molecule has 0 amide bonds. The number of rotatable bonds is 5. The van der Waals surface area contributed by atoms with Crippen LogP contribution in [0.1, 0.15) is 0 Å². The van der Waals surface area contributed by atoms with Crippen molar-refractivity contribution in [1.82, 2.24) is 0 Å². The minimum absolute atomic E-state index is 0.0978. The Kier molecular flexibility index (Phi) is 4.96. The predicted molar refractivity (Wildman–Crippen MR) is 113 cm³/mol. The first-order valence-electron chi connectivity index (χ1n) is 9.08. The Morgan fingerprint density at radius 2 is 1.38 bits per heavy atom. The summed E-state index contributed by atoms with van der Waals surface area (Å²) in [5, 5.41) is 0.510. The van der Waals surface area contributed by atoms with E-state index < -0.39 is 0 Å². The highest BCUT2D eigenvalue weighted by Gasteiger charge is 2.15. The van der Waals surface area contributed by atoms with E-state index in [1.54, 1.807) is 21.3 Å². The predicted octanol–water partition coefficient (Wildman–Crippen LogP) is 5.15. The summed E-state index contributed by atoms with van der Waals surface area (Å²) in [6.45, 7) is 0. The Hall–Kier alpha value is -3.73. The lowest BCUT2D eigenvalue weighted by molar-refractivity contribution is 0.324. The summed E-state index contributed by atoms with van der Waals surface area (Å²) in [5.41, 5.74) is 2.98. The number of fused-ring (bicyclic) bond motifs is 1. The third-order valence-electron chi connectivity index (χ3n) is 4.78. The molecule has 0 N–H and O–H groups in total. The van der Waals surface area contributed by atoms with Gasteiger partial charge in [-0.25, -0.2) is 0 Å². The summed E-state index contributed by atoms with van der Waals surface area (Å²) in [5.74, 6) is 2.16. The first-order chi connectivity index (χ1) is 14.1. The summed E-state index contributed by atoms with van der Waals surface area (Å²) >= 11 is 0. The van der Waals surface area contributed by atoms with Crippen LogP contribution in [0.25, 0.3) is 33.4 Å². The second kappa shape index (κ2) is 7.72. The molecule has 5 nitrogen and oxygen atoms in total. The molecule has 4 aromatic rings. The highest BCUT2D eigenvalue weighted by atomic mass is 16.5. The van der Waals surface area contributed by atoms with E-state index in [0.29, 0.717) is 34.0 Å². The molecule has 0 aliphatic carbocycles. The van der Waals surface area contributed by atoms with Crippen molar-refractivity contribution in [2.45, 2.75) is 0 Å². The number of hydrogen-bond donors (Lipinski definition) is 0. The highest BCUT2D eigenvalue weighted by molar-refractivity contribution is 5.85. The fraction of sp³-hybridized carbons (Fsp3) is 0.125. The summed E-state index contributed by atoms with van der Waals surface area (Å²) < 4.78 is 22.2. The monoisotopic (exact) mass is 388 g/mol. The van der Waals surface area contributed by atoms with Crippen molar-refractivity contribution < 1.29 is 18.6 Å². The van der Waals surface area contributed by atoms with Gasteiger partial charge in [0, 0.05) is 11.6 Å². The van der Waals surface area contributed by atoms with Crippen LogP contribution < -0.4 is 19.6 Å².